The maximum Gasteiger partial charge on any atom is 0.270 e. The molecular weight excluding hydrogens is 407 g/mol. The van der Waals surface area contributed by atoms with E-state index in [4.69, 9.17) is 5.73 Å². The molecule has 1 saturated carbocycles. The maximum atomic E-state index is 14.2. The first-order chi connectivity index (χ1) is 15.3. The van der Waals surface area contributed by atoms with Gasteiger partial charge in [-0.15, -0.1) is 0 Å². The summed E-state index contributed by atoms with van der Waals surface area (Å²) in [7, 11) is 0. The summed E-state index contributed by atoms with van der Waals surface area (Å²) in [6.45, 7) is 13.1. The van der Waals surface area contributed by atoms with E-state index in [1.807, 2.05) is 18.7 Å². The van der Waals surface area contributed by atoms with Crippen molar-refractivity contribution in [2.24, 2.45) is 16.6 Å². The topological polar surface area (TPSA) is 79.0 Å². The molecule has 1 fully saturated rings. The van der Waals surface area contributed by atoms with Crippen LogP contribution in [-0.2, 0) is 9.59 Å². The van der Waals surface area contributed by atoms with Gasteiger partial charge in [0.1, 0.15) is 18.4 Å². The van der Waals surface area contributed by atoms with Gasteiger partial charge in [-0.05, 0) is 44.4 Å². The van der Waals surface area contributed by atoms with Gasteiger partial charge in [0.05, 0.1) is 0 Å². The number of nitrogens with two attached hydrogens (primary N) is 1. The summed E-state index contributed by atoms with van der Waals surface area (Å²) in [5, 5.41) is 0. The number of hydrogen-bond donors (Lipinski definition) is 1. The highest BCUT2D eigenvalue weighted by Crippen LogP contribution is 2.26. The number of amides is 2. The molecule has 0 aromatic carbocycles. The van der Waals surface area contributed by atoms with Crippen molar-refractivity contribution in [1.82, 2.24) is 9.80 Å². The first-order valence-electron chi connectivity index (χ1n) is 12.5. The lowest BCUT2D eigenvalue weighted by Crippen LogP contribution is -2.38. The monoisotopic (exact) mass is 452 g/mol. The Kier molecular flexibility index (Phi) is 13.2. The molecule has 0 aromatic heterocycles. The summed E-state index contributed by atoms with van der Waals surface area (Å²) < 4.78 is 14.2. The van der Waals surface area contributed by atoms with Gasteiger partial charge in [0.2, 0.25) is 5.91 Å². The van der Waals surface area contributed by atoms with Crippen molar-refractivity contribution in [3.05, 3.63) is 11.3 Å². The number of carbonyl (C=O) groups excluding carboxylic acids is 2. The number of halogens is 1. The van der Waals surface area contributed by atoms with Crippen molar-refractivity contribution in [2.75, 3.05) is 32.7 Å². The molecule has 2 amide bonds. The molecule has 184 valence electrons. The Hall–Kier alpha value is -1.92. The average molecular weight is 453 g/mol. The molecule has 0 heterocycles. The molecule has 7 heteroatoms. The van der Waals surface area contributed by atoms with Crippen molar-refractivity contribution in [1.29, 1.82) is 0 Å². The quantitative estimate of drug-likeness (QED) is 0.418. The number of carbonyl (C=O) groups is 2. The minimum absolute atomic E-state index is 0.0192. The third kappa shape index (κ3) is 8.91. The van der Waals surface area contributed by atoms with E-state index in [1.54, 1.807) is 4.90 Å². The Morgan fingerprint density at radius 2 is 1.66 bits per heavy atom. The van der Waals surface area contributed by atoms with Crippen LogP contribution in [0, 0.1) is 5.92 Å². The lowest BCUT2D eigenvalue weighted by atomic mass is 9.89. The molecule has 1 aliphatic rings. The largest absolute Gasteiger partial charge is 0.394 e. The zero-order valence-electron chi connectivity index (χ0n) is 21.0. The van der Waals surface area contributed by atoms with Gasteiger partial charge in [0, 0.05) is 43.9 Å². The fourth-order valence-electron chi connectivity index (χ4n) is 3.95. The fourth-order valence-corrected chi connectivity index (χ4v) is 3.95. The van der Waals surface area contributed by atoms with E-state index in [2.05, 4.69) is 25.8 Å². The van der Waals surface area contributed by atoms with Gasteiger partial charge < -0.3 is 15.5 Å². The number of aliphatic imine (C=N–C) groups is 1. The smallest absolute Gasteiger partial charge is 0.270 e. The molecule has 0 aromatic rings. The van der Waals surface area contributed by atoms with Crippen molar-refractivity contribution in [2.45, 2.75) is 92.2 Å². The van der Waals surface area contributed by atoms with E-state index in [1.165, 1.54) is 0 Å². The summed E-state index contributed by atoms with van der Waals surface area (Å²) in [6, 6.07) is 0. The molecule has 0 spiro atoms. The summed E-state index contributed by atoms with van der Waals surface area (Å²) >= 11 is 0. The predicted octanol–water partition coefficient (Wildman–Crippen LogP) is 4.49. The minimum atomic E-state index is -1.04. The Morgan fingerprint density at radius 1 is 1.06 bits per heavy atom. The normalized spacial score (nSPS) is 20.2. The predicted molar refractivity (Wildman–Crippen MR) is 130 cm³/mol. The molecule has 0 aliphatic heterocycles. The Balaban J connectivity index is 3.04. The highest BCUT2D eigenvalue weighted by atomic mass is 19.1. The van der Waals surface area contributed by atoms with E-state index in [0.717, 1.165) is 38.6 Å². The van der Waals surface area contributed by atoms with Crippen LogP contribution in [0.4, 0.5) is 4.39 Å². The molecular formula is C25H45FN4O2. The molecule has 2 N–H and O–H groups in total. The highest BCUT2D eigenvalue weighted by Gasteiger charge is 2.28. The van der Waals surface area contributed by atoms with Gasteiger partial charge in [0.15, 0.2) is 0 Å². The highest BCUT2D eigenvalue weighted by molar-refractivity contribution is 6.08. The second-order valence-corrected chi connectivity index (χ2v) is 8.97. The first kappa shape index (κ1) is 28.1. The van der Waals surface area contributed by atoms with E-state index in [9.17, 15) is 14.0 Å². The van der Waals surface area contributed by atoms with Gasteiger partial charge in [-0.1, -0.05) is 41.0 Å². The molecule has 1 aliphatic carbocycles. The summed E-state index contributed by atoms with van der Waals surface area (Å²) in [6.07, 6.45) is 4.42. The van der Waals surface area contributed by atoms with Crippen LogP contribution in [0.3, 0.4) is 0 Å². The van der Waals surface area contributed by atoms with Crippen molar-refractivity contribution in [3.63, 3.8) is 0 Å². The Labute approximate surface area is 194 Å². The first-order valence-corrected chi connectivity index (χ1v) is 12.5. The number of rotatable bonds is 13. The van der Waals surface area contributed by atoms with Crippen LogP contribution >= 0.6 is 0 Å². The number of hydrogen-bond acceptors (Lipinski definition) is 4. The van der Waals surface area contributed by atoms with Crippen molar-refractivity contribution in [3.8, 4) is 0 Å². The SMILES string of the molecule is CCCN(CCC(C)CC)C(=O)CN=C1CCC(F)C/C1=C(/N)C(=O)N(CCC)CCC. The van der Waals surface area contributed by atoms with Crippen LogP contribution in [-0.4, -0.2) is 66.2 Å². The number of allylic oxidation sites excluding steroid dienone is 1. The van der Waals surface area contributed by atoms with Crippen LogP contribution in [0.2, 0.25) is 0 Å². The van der Waals surface area contributed by atoms with Crippen LogP contribution in [0.1, 0.15) is 86.0 Å². The van der Waals surface area contributed by atoms with E-state index in [-0.39, 0.29) is 30.5 Å². The van der Waals surface area contributed by atoms with Gasteiger partial charge in [-0.3, -0.25) is 14.6 Å². The second-order valence-electron chi connectivity index (χ2n) is 8.97. The summed E-state index contributed by atoms with van der Waals surface area (Å²) in [4.78, 5) is 34.0. The van der Waals surface area contributed by atoms with E-state index < -0.39 is 6.17 Å². The summed E-state index contributed by atoms with van der Waals surface area (Å²) in [5.74, 6) is 0.300. The standard InChI is InChI=1S/C25H45FN4O2/c1-6-13-29(16-12-19(5)9-4)23(31)18-28-22-11-10-20(26)17-21(22)24(27)25(32)30(14-7-2)15-8-3/h19-20H,6-18,27H2,1-5H3/b24-21-,28-22?. The molecule has 6 nitrogen and oxygen atoms in total. The molecule has 1 rings (SSSR count). The zero-order chi connectivity index (χ0) is 24.1. The summed E-state index contributed by atoms with van der Waals surface area (Å²) in [5.41, 5.74) is 7.45. The van der Waals surface area contributed by atoms with Crippen LogP contribution in [0.5, 0.6) is 0 Å². The second kappa shape index (κ2) is 15.0. The van der Waals surface area contributed by atoms with Gasteiger partial charge in [0.25, 0.3) is 5.91 Å². The Bertz CT molecular complexity index is 656. The van der Waals surface area contributed by atoms with Crippen molar-refractivity contribution < 1.29 is 14.0 Å². The molecule has 0 bridgehead atoms. The fraction of sp³-hybridized carbons (Fsp3) is 0.800. The lowest BCUT2D eigenvalue weighted by Gasteiger charge is -2.27. The number of nitrogens with zero attached hydrogens (tertiary/aromatic N) is 3. The third-order valence-electron chi connectivity index (χ3n) is 6.14. The van der Waals surface area contributed by atoms with Crippen LogP contribution in [0.15, 0.2) is 16.3 Å². The Morgan fingerprint density at radius 3 is 2.22 bits per heavy atom. The molecule has 0 radical (unpaired) electrons. The maximum absolute atomic E-state index is 14.2. The zero-order valence-corrected chi connectivity index (χ0v) is 21.0. The van der Waals surface area contributed by atoms with E-state index >= 15 is 0 Å². The molecule has 2 atom stereocenters. The van der Waals surface area contributed by atoms with Gasteiger partial charge in [-0.2, -0.15) is 0 Å². The average Bonchev–Trinajstić information content (AvgIpc) is 2.79. The van der Waals surface area contributed by atoms with Crippen LogP contribution in [0.25, 0.3) is 0 Å². The van der Waals surface area contributed by atoms with Gasteiger partial charge in [-0.25, -0.2) is 4.39 Å². The third-order valence-corrected chi connectivity index (χ3v) is 6.14. The molecule has 2 unspecified atom stereocenters. The van der Waals surface area contributed by atoms with E-state index in [0.29, 0.717) is 49.7 Å². The van der Waals surface area contributed by atoms with Crippen molar-refractivity contribution >= 4 is 17.5 Å². The minimum Gasteiger partial charge on any atom is -0.394 e. The molecule has 32 heavy (non-hydrogen) atoms. The van der Waals surface area contributed by atoms with Crippen LogP contribution < -0.4 is 5.73 Å². The molecule has 0 saturated heterocycles. The van der Waals surface area contributed by atoms with Gasteiger partial charge >= 0.3 is 0 Å². The lowest BCUT2D eigenvalue weighted by molar-refractivity contribution is -0.130. The number of alkyl halides is 1.